The summed E-state index contributed by atoms with van der Waals surface area (Å²) in [5, 5.41) is 2.97. The number of carbonyl (C=O) groups excluding carboxylic acids is 1. The maximum atomic E-state index is 13.4. The summed E-state index contributed by atoms with van der Waals surface area (Å²) in [6.07, 6.45) is 0. The number of hydrogen-bond donors (Lipinski definition) is 2. The molecule has 0 unspecified atom stereocenters. The van der Waals surface area contributed by atoms with Crippen molar-refractivity contribution < 1.29 is 9.18 Å². The van der Waals surface area contributed by atoms with Crippen molar-refractivity contribution in [2.24, 2.45) is 0 Å². The van der Waals surface area contributed by atoms with E-state index in [1.165, 1.54) is 6.07 Å². The molecule has 0 aliphatic carbocycles. The number of amides is 1. The standard InChI is InChI=1S/C14H12ClFN2O/c1-8-2-3-9(6-12(8)16)14(19)18-13-7-10(17)4-5-11(13)15/h2-7H,17H2,1H3,(H,18,19). The topological polar surface area (TPSA) is 55.1 Å². The molecule has 1 amide bonds. The van der Waals surface area contributed by atoms with Gasteiger partial charge in [-0.25, -0.2) is 4.39 Å². The number of carbonyl (C=O) groups is 1. The SMILES string of the molecule is Cc1ccc(C(=O)Nc2cc(N)ccc2Cl)cc1F. The first-order valence-electron chi connectivity index (χ1n) is 5.60. The second kappa shape index (κ2) is 5.28. The summed E-state index contributed by atoms with van der Waals surface area (Å²) in [7, 11) is 0. The van der Waals surface area contributed by atoms with Crippen LogP contribution in [0.4, 0.5) is 15.8 Å². The zero-order valence-corrected chi connectivity index (χ0v) is 11.0. The van der Waals surface area contributed by atoms with E-state index >= 15 is 0 Å². The van der Waals surface area contributed by atoms with Gasteiger partial charge in [-0.3, -0.25) is 4.79 Å². The molecule has 0 spiro atoms. The molecule has 0 saturated heterocycles. The van der Waals surface area contributed by atoms with E-state index < -0.39 is 11.7 Å². The van der Waals surface area contributed by atoms with Crippen LogP contribution in [0.1, 0.15) is 15.9 Å². The normalized spacial score (nSPS) is 10.3. The van der Waals surface area contributed by atoms with E-state index in [1.807, 2.05) is 0 Å². The minimum Gasteiger partial charge on any atom is -0.399 e. The Balaban J connectivity index is 2.25. The minimum atomic E-state index is -0.439. The van der Waals surface area contributed by atoms with Crippen molar-refractivity contribution in [2.75, 3.05) is 11.1 Å². The summed E-state index contributed by atoms with van der Waals surface area (Å²) in [4.78, 5) is 12.0. The van der Waals surface area contributed by atoms with E-state index in [0.717, 1.165) is 0 Å². The van der Waals surface area contributed by atoms with E-state index in [2.05, 4.69) is 5.32 Å². The lowest BCUT2D eigenvalue weighted by Gasteiger charge is -2.08. The van der Waals surface area contributed by atoms with Crippen molar-refractivity contribution in [2.45, 2.75) is 6.92 Å². The molecule has 5 heteroatoms. The molecule has 0 radical (unpaired) electrons. The highest BCUT2D eigenvalue weighted by molar-refractivity contribution is 6.34. The van der Waals surface area contributed by atoms with Gasteiger partial charge in [-0.05, 0) is 42.8 Å². The van der Waals surface area contributed by atoms with Crippen molar-refractivity contribution in [3.05, 3.63) is 58.4 Å². The molecule has 2 rings (SSSR count). The molecular formula is C14H12ClFN2O. The number of halogens is 2. The second-order valence-electron chi connectivity index (χ2n) is 4.16. The van der Waals surface area contributed by atoms with Crippen LogP contribution in [0.3, 0.4) is 0 Å². The van der Waals surface area contributed by atoms with Crippen LogP contribution in [0, 0.1) is 12.7 Å². The lowest BCUT2D eigenvalue weighted by atomic mass is 10.1. The summed E-state index contributed by atoms with van der Waals surface area (Å²) in [6, 6.07) is 9.04. The van der Waals surface area contributed by atoms with Gasteiger partial charge in [0.05, 0.1) is 10.7 Å². The van der Waals surface area contributed by atoms with E-state index in [0.29, 0.717) is 22.0 Å². The van der Waals surface area contributed by atoms with Gasteiger partial charge < -0.3 is 11.1 Å². The molecule has 98 valence electrons. The van der Waals surface area contributed by atoms with Crippen LogP contribution in [-0.4, -0.2) is 5.91 Å². The quantitative estimate of drug-likeness (QED) is 0.824. The molecule has 0 aliphatic heterocycles. The molecular weight excluding hydrogens is 267 g/mol. The fourth-order valence-corrected chi connectivity index (χ4v) is 1.73. The average Bonchev–Trinajstić information content (AvgIpc) is 2.37. The molecule has 0 aliphatic rings. The van der Waals surface area contributed by atoms with Crippen LogP contribution in [0.15, 0.2) is 36.4 Å². The third-order valence-corrected chi connectivity index (χ3v) is 3.00. The molecule has 0 bridgehead atoms. The Bertz CT molecular complexity index is 643. The van der Waals surface area contributed by atoms with Gasteiger partial charge in [0, 0.05) is 11.3 Å². The van der Waals surface area contributed by atoms with Crippen LogP contribution < -0.4 is 11.1 Å². The zero-order chi connectivity index (χ0) is 14.0. The molecule has 0 aromatic heterocycles. The first kappa shape index (κ1) is 13.4. The molecule has 3 N–H and O–H groups in total. The van der Waals surface area contributed by atoms with Crippen LogP contribution >= 0.6 is 11.6 Å². The molecule has 3 nitrogen and oxygen atoms in total. The number of nitrogen functional groups attached to an aromatic ring is 1. The molecule has 2 aromatic carbocycles. The van der Waals surface area contributed by atoms with Gasteiger partial charge in [-0.2, -0.15) is 0 Å². The van der Waals surface area contributed by atoms with Gasteiger partial charge in [0.1, 0.15) is 5.82 Å². The summed E-state index contributed by atoms with van der Waals surface area (Å²) >= 11 is 5.94. The van der Waals surface area contributed by atoms with Crippen LogP contribution in [0.5, 0.6) is 0 Å². The molecule has 0 heterocycles. The maximum absolute atomic E-state index is 13.4. The van der Waals surface area contributed by atoms with Crippen LogP contribution in [0.25, 0.3) is 0 Å². The highest BCUT2D eigenvalue weighted by atomic mass is 35.5. The van der Waals surface area contributed by atoms with Gasteiger partial charge in [0.15, 0.2) is 0 Å². The van der Waals surface area contributed by atoms with E-state index in [9.17, 15) is 9.18 Å². The lowest BCUT2D eigenvalue weighted by Crippen LogP contribution is -2.12. The largest absolute Gasteiger partial charge is 0.399 e. The third-order valence-electron chi connectivity index (χ3n) is 2.67. The zero-order valence-electron chi connectivity index (χ0n) is 10.2. The van der Waals surface area contributed by atoms with Crippen molar-refractivity contribution >= 4 is 28.9 Å². The van der Waals surface area contributed by atoms with Crippen molar-refractivity contribution in [1.29, 1.82) is 0 Å². The maximum Gasteiger partial charge on any atom is 0.255 e. The molecule has 0 saturated carbocycles. The molecule has 0 atom stereocenters. The monoisotopic (exact) mass is 278 g/mol. The highest BCUT2D eigenvalue weighted by Gasteiger charge is 2.10. The number of rotatable bonds is 2. The van der Waals surface area contributed by atoms with Gasteiger partial charge in [0.25, 0.3) is 5.91 Å². The fourth-order valence-electron chi connectivity index (χ4n) is 1.57. The predicted octanol–water partition coefficient (Wildman–Crippen LogP) is 3.62. The average molecular weight is 279 g/mol. The van der Waals surface area contributed by atoms with E-state index in [4.69, 9.17) is 17.3 Å². The Morgan fingerprint density at radius 3 is 2.68 bits per heavy atom. The minimum absolute atomic E-state index is 0.224. The van der Waals surface area contributed by atoms with Crippen LogP contribution in [-0.2, 0) is 0 Å². The number of nitrogens with two attached hydrogens (primary N) is 1. The Kier molecular flexibility index (Phi) is 3.71. The number of aryl methyl sites for hydroxylation is 1. The molecule has 19 heavy (non-hydrogen) atoms. The Hall–Kier alpha value is -2.07. The first-order chi connectivity index (χ1) is 8.97. The fraction of sp³-hybridized carbons (Fsp3) is 0.0714. The highest BCUT2D eigenvalue weighted by Crippen LogP contribution is 2.24. The van der Waals surface area contributed by atoms with Gasteiger partial charge >= 0.3 is 0 Å². The van der Waals surface area contributed by atoms with Crippen molar-refractivity contribution in [1.82, 2.24) is 0 Å². The van der Waals surface area contributed by atoms with Gasteiger partial charge in [-0.1, -0.05) is 17.7 Å². The number of nitrogens with one attached hydrogen (secondary N) is 1. The second-order valence-corrected chi connectivity index (χ2v) is 4.56. The Labute approximate surface area is 115 Å². The van der Waals surface area contributed by atoms with Crippen molar-refractivity contribution in [3.63, 3.8) is 0 Å². The smallest absolute Gasteiger partial charge is 0.255 e. The van der Waals surface area contributed by atoms with Gasteiger partial charge in [0.2, 0.25) is 0 Å². The third kappa shape index (κ3) is 3.03. The van der Waals surface area contributed by atoms with E-state index in [-0.39, 0.29) is 5.56 Å². The molecule has 0 fully saturated rings. The summed E-state index contributed by atoms with van der Waals surface area (Å²) in [6.45, 7) is 1.63. The summed E-state index contributed by atoms with van der Waals surface area (Å²) in [5.74, 6) is -0.863. The number of anilines is 2. The predicted molar refractivity (Wildman–Crippen MR) is 75.0 cm³/mol. The Morgan fingerprint density at radius 2 is 2.00 bits per heavy atom. The first-order valence-corrected chi connectivity index (χ1v) is 5.97. The Morgan fingerprint density at radius 1 is 1.26 bits per heavy atom. The van der Waals surface area contributed by atoms with E-state index in [1.54, 1.807) is 37.3 Å². The summed E-state index contributed by atoms with van der Waals surface area (Å²) < 4.78 is 13.4. The number of hydrogen-bond acceptors (Lipinski definition) is 2. The lowest BCUT2D eigenvalue weighted by molar-refractivity contribution is 0.102. The summed E-state index contributed by atoms with van der Waals surface area (Å²) in [5.41, 5.74) is 7.20. The number of benzene rings is 2. The van der Waals surface area contributed by atoms with Crippen LogP contribution in [0.2, 0.25) is 5.02 Å². The van der Waals surface area contributed by atoms with Gasteiger partial charge in [-0.15, -0.1) is 0 Å². The van der Waals surface area contributed by atoms with Crippen molar-refractivity contribution in [3.8, 4) is 0 Å². The molecule has 2 aromatic rings.